The molecule has 6 heteroatoms. The van der Waals surface area contributed by atoms with Crippen LogP contribution in [0.1, 0.15) is 74.0 Å². The fourth-order valence-electron chi connectivity index (χ4n) is 3.57. The van der Waals surface area contributed by atoms with Gasteiger partial charge in [-0.05, 0) is 36.0 Å². The van der Waals surface area contributed by atoms with Gasteiger partial charge in [0.2, 0.25) is 0 Å². The Labute approximate surface area is 184 Å². The molecule has 6 nitrogen and oxygen atoms in total. The summed E-state index contributed by atoms with van der Waals surface area (Å²) in [7, 11) is 0. The Bertz CT molecular complexity index is 993. The molecular formula is C25H32N4O2. The van der Waals surface area contributed by atoms with Gasteiger partial charge >= 0.3 is 5.97 Å². The number of hydrogen-bond donors (Lipinski definition) is 1. The number of aryl methyl sites for hydroxylation is 2. The van der Waals surface area contributed by atoms with E-state index in [1.165, 1.54) is 25.1 Å². The van der Waals surface area contributed by atoms with Crippen LogP contribution in [-0.4, -0.2) is 30.8 Å². The number of aromatic nitrogens is 4. The van der Waals surface area contributed by atoms with E-state index in [0.717, 1.165) is 48.5 Å². The Morgan fingerprint density at radius 3 is 2.55 bits per heavy atom. The maximum Gasteiger partial charge on any atom is 0.336 e. The summed E-state index contributed by atoms with van der Waals surface area (Å²) in [5.41, 5.74) is 2.83. The summed E-state index contributed by atoms with van der Waals surface area (Å²) >= 11 is 0. The van der Waals surface area contributed by atoms with Crippen LogP contribution < -0.4 is 0 Å². The Morgan fingerprint density at radius 1 is 1.10 bits per heavy atom. The lowest BCUT2D eigenvalue weighted by Gasteiger charge is -2.09. The molecule has 3 aromatic rings. The molecular weight excluding hydrogens is 388 g/mol. The lowest BCUT2D eigenvalue weighted by atomic mass is 10.0. The number of nitrogens with zero attached hydrogens (tertiary/aromatic N) is 4. The van der Waals surface area contributed by atoms with Crippen molar-refractivity contribution >= 4 is 5.97 Å². The maximum absolute atomic E-state index is 11.5. The zero-order valence-electron chi connectivity index (χ0n) is 18.7. The molecule has 0 saturated heterocycles. The van der Waals surface area contributed by atoms with Crippen molar-refractivity contribution in [2.45, 2.75) is 65.8 Å². The van der Waals surface area contributed by atoms with E-state index in [2.05, 4.69) is 25.8 Å². The molecule has 0 fully saturated rings. The van der Waals surface area contributed by atoms with E-state index < -0.39 is 5.97 Å². The molecule has 0 aliphatic heterocycles. The summed E-state index contributed by atoms with van der Waals surface area (Å²) in [5.74, 6) is 1.66. The highest BCUT2D eigenvalue weighted by atomic mass is 16.4. The maximum atomic E-state index is 11.5. The minimum absolute atomic E-state index is 0.257. The highest BCUT2D eigenvalue weighted by Gasteiger charge is 2.13. The Morgan fingerprint density at radius 2 is 1.87 bits per heavy atom. The van der Waals surface area contributed by atoms with Crippen molar-refractivity contribution in [1.29, 1.82) is 0 Å². The molecule has 0 radical (unpaired) electrons. The lowest BCUT2D eigenvalue weighted by Crippen LogP contribution is -2.07. The molecule has 0 bridgehead atoms. The van der Waals surface area contributed by atoms with Crippen LogP contribution in [0.4, 0.5) is 0 Å². The summed E-state index contributed by atoms with van der Waals surface area (Å²) in [5, 5.41) is 14.2. The minimum atomic E-state index is -0.949. The van der Waals surface area contributed by atoms with Crippen molar-refractivity contribution in [3.63, 3.8) is 0 Å². The molecule has 1 N–H and O–H groups in total. The van der Waals surface area contributed by atoms with E-state index in [4.69, 9.17) is 10.1 Å². The number of rotatable bonds is 11. The quantitative estimate of drug-likeness (QED) is 0.420. The van der Waals surface area contributed by atoms with Crippen molar-refractivity contribution in [2.24, 2.45) is 5.92 Å². The number of aromatic carboxylic acids is 1. The average molecular weight is 421 g/mol. The number of carbonyl (C=O) groups is 1. The van der Waals surface area contributed by atoms with Crippen LogP contribution in [0.3, 0.4) is 0 Å². The first-order chi connectivity index (χ1) is 15.0. The van der Waals surface area contributed by atoms with Crippen LogP contribution in [-0.2, 0) is 19.4 Å². The van der Waals surface area contributed by atoms with Gasteiger partial charge in [0.05, 0.1) is 12.1 Å². The summed E-state index contributed by atoms with van der Waals surface area (Å²) in [6.07, 6.45) is 9.54. The zero-order chi connectivity index (χ0) is 22.2. The second-order valence-corrected chi connectivity index (χ2v) is 8.41. The number of pyridine rings is 1. The van der Waals surface area contributed by atoms with Crippen molar-refractivity contribution in [3.8, 4) is 11.1 Å². The minimum Gasteiger partial charge on any atom is -0.478 e. The smallest absolute Gasteiger partial charge is 0.336 e. The third kappa shape index (κ3) is 6.23. The molecule has 1 aromatic carbocycles. The zero-order valence-corrected chi connectivity index (χ0v) is 18.7. The predicted molar refractivity (Wildman–Crippen MR) is 122 cm³/mol. The topological polar surface area (TPSA) is 80.9 Å². The number of unbranched alkanes of at least 4 members (excludes halogenated alkanes) is 2. The van der Waals surface area contributed by atoms with Gasteiger partial charge in [0.25, 0.3) is 0 Å². The summed E-state index contributed by atoms with van der Waals surface area (Å²) in [6.45, 7) is 7.31. The number of benzene rings is 1. The van der Waals surface area contributed by atoms with Gasteiger partial charge in [-0.2, -0.15) is 5.10 Å². The molecule has 3 rings (SSSR count). The van der Waals surface area contributed by atoms with E-state index >= 15 is 0 Å². The standard InChI is InChI=1S/C25H32N4O2/c1-4-5-6-7-24-27-23(13-8-18(2)3)28-29(24)17-19-9-11-20(12-10-19)22-16-26-15-14-21(22)25(30)31/h9-12,14-16,18H,4-8,13,17H2,1-3H3,(H,30,31). The van der Waals surface area contributed by atoms with Crippen LogP contribution in [0.15, 0.2) is 42.7 Å². The summed E-state index contributed by atoms with van der Waals surface area (Å²) in [4.78, 5) is 20.4. The first-order valence-corrected chi connectivity index (χ1v) is 11.2. The Hall–Kier alpha value is -3.02. The second kappa shape index (κ2) is 10.8. The second-order valence-electron chi connectivity index (χ2n) is 8.41. The third-order valence-corrected chi connectivity index (χ3v) is 5.39. The van der Waals surface area contributed by atoms with Crippen molar-refractivity contribution in [3.05, 3.63) is 65.5 Å². The normalized spacial score (nSPS) is 11.2. The third-order valence-electron chi connectivity index (χ3n) is 5.39. The monoisotopic (exact) mass is 420 g/mol. The number of carboxylic acid groups (broad SMARTS) is 1. The molecule has 2 aromatic heterocycles. The van der Waals surface area contributed by atoms with Gasteiger partial charge in [0, 0.05) is 30.8 Å². The number of carboxylic acids is 1. The fraction of sp³-hybridized carbons (Fsp3) is 0.440. The Kier molecular flexibility index (Phi) is 7.93. The average Bonchev–Trinajstić information content (AvgIpc) is 3.14. The van der Waals surface area contributed by atoms with E-state index in [-0.39, 0.29) is 5.56 Å². The van der Waals surface area contributed by atoms with Gasteiger partial charge in [0.15, 0.2) is 5.82 Å². The molecule has 31 heavy (non-hydrogen) atoms. The first-order valence-electron chi connectivity index (χ1n) is 11.2. The fourth-order valence-corrected chi connectivity index (χ4v) is 3.57. The van der Waals surface area contributed by atoms with Gasteiger partial charge in [-0.25, -0.2) is 14.5 Å². The van der Waals surface area contributed by atoms with E-state index in [1.807, 2.05) is 28.9 Å². The Balaban J connectivity index is 1.79. The summed E-state index contributed by atoms with van der Waals surface area (Å²) < 4.78 is 2.03. The molecule has 0 aliphatic carbocycles. The van der Waals surface area contributed by atoms with Crippen LogP contribution in [0.25, 0.3) is 11.1 Å². The molecule has 0 spiro atoms. The van der Waals surface area contributed by atoms with Crippen LogP contribution >= 0.6 is 0 Å². The SMILES string of the molecule is CCCCCc1nc(CCC(C)C)nn1Cc1ccc(-c2cnccc2C(=O)O)cc1. The van der Waals surface area contributed by atoms with Crippen molar-refractivity contribution in [1.82, 2.24) is 19.7 Å². The molecule has 164 valence electrons. The molecule has 0 aliphatic rings. The van der Waals surface area contributed by atoms with Gasteiger partial charge in [-0.15, -0.1) is 0 Å². The number of hydrogen-bond acceptors (Lipinski definition) is 4. The van der Waals surface area contributed by atoms with Crippen LogP contribution in [0, 0.1) is 5.92 Å². The van der Waals surface area contributed by atoms with Gasteiger partial charge in [0.1, 0.15) is 5.82 Å². The van der Waals surface area contributed by atoms with Gasteiger partial charge < -0.3 is 5.11 Å². The molecule has 0 saturated carbocycles. The van der Waals surface area contributed by atoms with Gasteiger partial charge in [-0.3, -0.25) is 4.98 Å². The van der Waals surface area contributed by atoms with Crippen molar-refractivity contribution in [2.75, 3.05) is 0 Å². The van der Waals surface area contributed by atoms with Crippen LogP contribution in [0.5, 0.6) is 0 Å². The molecule has 0 unspecified atom stereocenters. The van der Waals surface area contributed by atoms with E-state index in [0.29, 0.717) is 18.0 Å². The van der Waals surface area contributed by atoms with Gasteiger partial charge in [-0.1, -0.05) is 57.9 Å². The first kappa shape index (κ1) is 22.7. The molecule has 0 amide bonds. The molecule has 2 heterocycles. The van der Waals surface area contributed by atoms with E-state index in [9.17, 15) is 9.90 Å². The van der Waals surface area contributed by atoms with Crippen LogP contribution in [0.2, 0.25) is 0 Å². The highest BCUT2D eigenvalue weighted by molar-refractivity contribution is 5.95. The predicted octanol–water partition coefficient (Wildman–Crippen LogP) is 5.41. The van der Waals surface area contributed by atoms with Crippen molar-refractivity contribution < 1.29 is 9.90 Å². The van der Waals surface area contributed by atoms with E-state index in [1.54, 1.807) is 6.20 Å². The largest absolute Gasteiger partial charge is 0.478 e. The molecule has 0 atom stereocenters. The highest BCUT2D eigenvalue weighted by Crippen LogP contribution is 2.23. The lowest BCUT2D eigenvalue weighted by molar-refractivity contribution is 0.0697. The summed E-state index contributed by atoms with van der Waals surface area (Å²) in [6, 6.07) is 9.49.